The Bertz CT molecular complexity index is 494. The van der Waals surface area contributed by atoms with E-state index in [9.17, 15) is 9.59 Å². The number of benzene rings is 1. The predicted molar refractivity (Wildman–Crippen MR) is 75.8 cm³/mol. The first kappa shape index (κ1) is 14.5. The maximum absolute atomic E-state index is 12.5. The van der Waals surface area contributed by atoms with Crippen LogP contribution in [0.15, 0.2) is 24.3 Å². The van der Waals surface area contributed by atoms with E-state index in [2.05, 4.69) is 11.8 Å². The molecule has 1 amide bonds. The first-order valence-electron chi connectivity index (χ1n) is 6.91. The summed E-state index contributed by atoms with van der Waals surface area (Å²) in [4.78, 5) is 27.7. The maximum atomic E-state index is 12.5. The van der Waals surface area contributed by atoms with E-state index in [0.29, 0.717) is 24.4 Å². The SMILES string of the molecule is CCN1CCN(C(=O)c2ccccc2OC(C)=O)CC1. The fourth-order valence-corrected chi connectivity index (χ4v) is 2.32. The maximum Gasteiger partial charge on any atom is 0.308 e. The van der Waals surface area contributed by atoms with Gasteiger partial charge >= 0.3 is 5.97 Å². The molecule has 0 aromatic heterocycles. The zero-order valence-electron chi connectivity index (χ0n) is 12.0. The van der Waals surface area contributed by atoms with E-state index in [1.54, 1.807) is 24.3 Å². The number of ether oxygens (including phenoxy) is 1. The van der Waals surface area contributed by atoms with Crippen LogP contribution in [0.5, 0.6) is 5.75 Å². The van der Waals surface area contributed by atoms with Crippen LogP contribution in [-0.4, -0.2) is 54.4 Å². The van der Waals surface area contributed by atoms with Crippen molar-refractivity contribution in [2.75, 3.05) is 32.7 Å². The van der Waals surface area contributed by atoms with Gasteiger partial charge in [-0.3, -0.25) is 9.59 Å². The van der Waals surface area contributed by atoms with E-state index in [1.807, 2.05) is 4.90 Å². The van der Waals surface area contributed by atoms with Crippen LogP contribution in [0, 0.1) is 0 Å². The molecule has 0 saturated carbocycles. The number of esters is 1. The number of piperazine rings is 1. The second kappa shape index (κ2) is 6.52. The van der Waals surface area contributed by atoms with Gasteiger partial charge in [0.25, 0.3) is 5.91 Å². The van der Waals surface area contributed by atoms with Crippen LogP contribution in [-0.2, 0) is 4.79 Å². The van der Waals surface area contributed by atoms with Crippen molar-refractivity contribution >= 4 is 11.9 Å². The second-order valence-corrected chi connectivity index (χ2v) is 4.82. The zero-order valence-corrected chi connectivity index (χ0v) is 12.0. The van der Waals surface area contributed by atoms with Crippen LogP contribution in [0.3, 0.4) is 0 Å². The molecule has 20 heavy (non-hydrogen) atoms. The van der Waals surface area contributed by atoms with E-state index in [-0.39, 0.29) is 5.91 Å². The van der Waals surface area contributed by atoms with Crippen molar-refractivity contribution in [2.45, 2.75) is 13.8 Å². The molecule has 1 aromatic rings. The molecule has 1 aliphatic rings. The molecule has 0 bridgehead atoms. The van der Waals surface area contributed by atoms with Gasteiger partial charge in [0.1, 0.15) is 5.75 Å². The summed E-state index contributed by atoms with van der Waals surface area (Å²) in [5.41, 5.74) is 0.452. The fourth-order valence-electron chi connectivity index (χ4n) is 2.32. The highest BCUT2D eigenvalue weighted by Crippen LogP contribution is 2.20. The zero-order chi connectivity index (χ0) is 14.5. The molecule has 0 radical (unpaired) electrons. The average molecular weight is 276 g/mol. The van der Waals surface area contributed by atoms with E-state index in [0.717, 1.165) is 19.6 Å². The Balaban J connectivity index is 2.11. The molecule has 0 N–H and O–H groups in total. The molecule has 0 unspecified atom stereocenters. The fraction of sp³-hybridized carbons (Fsp3) is 0.467. The van der Waals surface area contributed by atoms with Crippen molar-refractivity contribution in [2.24, 2.45) is 0 Å². The molecule has 1 heterocycles. The van der Waals surface area contributed by atoms with Crippen molar-refractivity contribution in [1.82, 2.24) is 9.80 Å². The first-order chi connectivity index (χ1) is 9.61. The van der Waals surface area contributed by atoms with Crippen LogP contribution in [0.25, 0.3) is 0 Å². The van der Waals surface area contributed by atoms with Crippen LogP contribution in [0.2, 0.25) is 0 Å². The Labute approximate surface area is 119 Å². The molecule has 1 saturated heterocycles. The van der Waals surface area contributed by atoms with E-state index >= 15 is 0 Å². The van der Waals surface area contributed by atoms with Gasteiger partial charge in [-0.1, -0.05) is 19.1 Å². The summed E-state index contributed by atoms with van der Waals surface area (Å²) >= 11 is 0. The number of nitrogens with zero attached hydrogens (tertiary/aromatic N) is 2. The Hall–Kier alpha value is -1.88. The second-order valence-electron chi connectivity index (χ2n) is 4.82. The smallest absolute Gasteiger partial charge is 0.308 e. The minimum Gasteiger partial charge on any atom is -0.426 e. The van der Waals surface area contributed by atoms with Gasteiger partial charge in [0.15, 0.2) is 0 Å². The summed E-state index contributed by atoms with van der Waals surface area (Å²) in [6.07, 6.45) is 0. The molecule has 0 atom stereocenters. The summed E-state index contributed by atoms with van der Waals surface area (Å²) in [6, 6.07) is 6.89. The summed E-state index contributed by atoms with van der Waals surface area (Å²) in [5, 5.41) is 0. The number of hydrogen-bond acceptors (Lipinski definition) is 4. The highest BCUT2D eigenvalue weighted by Gasteiger charge is 2.23. The Morgan fingerprint density at radius 1 is 1.15 bits per heavy atom. The third kappa shape index (κ3) is 3.36. The minimum atomic E-state index is -0.416. The lowest BCUT2D eigenvalue weighted by Crippen LogP contribution is -2.48. The Morgan fingerprint density at radius 2 is 1.80 bits per heavy atom. The quantitative estimate of drug-likeness (QED) is 0.618. The number of rotatable bonds is 3. The van der Waals surface area contributed by atoms with E-state index < -0.39 is 5.97 Å². The number of carbonyl (C=O) groups excluding carboxylic acids is 2. The third-order valence-corrected chi connectivity index (χ3v) is 3.48. The monoisotopic (exact) mass is 276 g/mol. The van der Waals surface area contributed by atoms with Gasteiger partial charge < -0.3 is 14.5 Å². The van der Waals surface area contributed by atoms with Crippen molar-refractivity contribution < 1.29 is 14.3 Å². The molecule has 108 valence electrons. The minimum absolute atomic E-state index is 0.0717. The summed E-state index contributed by atoms with van der Waals surface area (Å²) in [7, 11) is 0. The standard InChI is InChI=1S/C15H20N2O3/c1-3-16-8-10-17(11-9-16)15(19)13-6-4-5-7-14(13)20-12(2)18/h4-7H,3,8-11H2,1-2H3. The lowest BCUT2D eigenvalue weighted by Gasteiger charge is -2.34. The molecular formula is C15H20N2O3. The Kier molecular flexibility index (Phi) is 4.74. The van der Waals surface area contributed by atoms with Gasteiger partial charge in [0.2, 0.25) is 0 Å². The lowest BCUT2D eigenvalue weighted by molar-refractivity contribution is -0.131. The van der Waals surface area contributed by atoms with E-state index in [1.165, 1.54) is 6.92 Å². The molecular weight excluding hydrogens is 256 g/mol. The number of hydrogen-bond donors (Lipinski definition) is 0. The topological polar surface area (TPSA) is 49.9 Å². The number of likely N-dealkylation sites (N-methyl/N-ethyl adjacent to an activating group) is 1. The Morgan fingerprint density at radius 3 is 2.40 bits per heavy atom. The normalized spacial score (nSPS) is 16.0. The van der Waals surface area contributed by atoms with Crippen molar-refractivity contribution in [1.29, 1.82) is 0 Å². The number of carbonyl (C=O) groups is 2. The lowest BCUT2D eigenvalue weighted by atomic mass is 10.1. The van der Waals surface area contributed by atoms with Gasteiger partial charge in [-0.2, -0.15) is 0 Å². The summed E-state index contributed by atoms with van der Waals surface area (Å²) in [5.74, 6) is -0.151. The molecule has 5 heteroatoms. The van der Waals surface area contributed by atoms with Gasteiger partial charge in [-0.25, -0.2) is 0 Å². The summed E-state index contributed by atoms with van der Waals surface area (Å²) in [6.45, 7) is 7.65. The van der Waals surface area contributed by atoms with Gasteiger partial charge in [0, 0.05) is 33.1 Å². The largest absolute Gasteiger partial charge is 0.426 e. The third-order valence-electron chi connectivity index (χ3n) is 3.48. The van der Waals surface area contributed by atoms with Crippen LogP contribution in [0.4, 0.5) is 0 Å². The van der Waals surface area contributed by atoms with Gasteiger partial charge in [-0.05, 0) is 18.7 Å². The van der Waals surface area contributed by atoms with Crippen molar-refractivity contribution in [3.8, 4) is 5.75 Å². The molecule has 1 aliphatic heterocycles. The molecule has 2 rings (SSSR count). The number of amides is 1. The molecule has 0 aliphatic carbocycles. The molecule has 1 fully saturated rings. The summed E-state index contributed by atoms with van der Waals surface area (Å²) < 4.78 is 5.10. The number of para-hydroxylation sites is 1. The predicted octanol–water partition coefficient (Wildman–Crippen LogP) is 1.39. The highest BCUT2D eigenvalue weighted by molar-refractivity contribution is 5.97. The van der Waals surface area contributed by atoms with Crippen molar-refractivity contribution in [3.63, 3.8) is 0 Å². The van der Waals surface area contributed by atoms with Gasteiger partial charge in [-0.15, -0.1) is 0 Å². The van der Waals surface area contributed by atoms with Crippen LogP contribution in [0.1, 0.15) is 24.2 Å². The highest BCUT2D eigenvalue weighted by atomic mass is 16.5. The van der Waals surface area contributed by atoms with Gasteiger partial charge in [0.05, 0.1) is 5.56 Å². The first-order valence-corrected chi connectivity index (χ1v) is 6.91. The average Bonchev–Trinajstić information content (AvgIpc) is 2.46. The molecule has 5 nitrogen and oxygen atoms in total. The molecule has 0 spiro atoms. The van der Waals surface area contributed by atoms with Crippen molar-refractivity contribution in [3.05, 3.63) is 29.8 Å². The molecule has 1 aromatic carbocycles. The van der Waals surface area contributed by atoms with E-state index in [4.69, 9.17) is 4.74 Å². The van der Waals surface area contributed by atoms with Crippen LogP contribution >= 0.6 is 0 Å². The van der Waals surface area contributed by atoms with Crippen LogP contribution < -0.4 is 4.74 Å².